The molecule has 0 saturated carbocycles. The van der Waals surface area contributed by atoms with Gasteiger partial charge in [0, 0.05) is 16.5 Å². The summed E-state index contributed by atoms with van der Waals surface area (Å²) in [5, 5.41) is 10.8. The zero-order chi connectivity index (χ0) is 13.8. The number of hydrogen-bond acceptors (Lipinski definition) is 3. The van der Waals surface area contributed by atoms with Gasteiger partial charge in [-0.15, -0.1) is 0 Å². The molecule has 0 radical (unpaired) electrons. The number of rotatable bonds is 4. The van der Waals surface area contributed by atoms with Crippen molar-refractivity contribution in [1.29, 1.82) is 0 Å². The number of para-hydroxylation sites is 1. The topological polar surface area (TPSA) is 60.2 Å². The fourth-order valence-corrected chi connectivity index (χ4v) is 2.81. The summed E-state index contributed by atoms with van der Waals surface area (Å²) >= 11 is 0. The molecule has 0 aliphatic carbocycles. The second kappa shape index (κ2) is 5.71. The van der Waals surface area contributed by atoms with Gasteiger partial charge < -0.3 is 0 Å². The summed E-state index contributed by atoms with van der Waals surface area (Å²) < 4.78 is 25.1. The fourth-order valence-electron chi connectivity index (χ4n) is 1.64. The molecule has 2 aromatic carbocycles. The third kappa shape index (κ3) is 3.23. The quantitative estimate of drug-likeness (QED) is 0.638. The van der Waals surface area contributed by atoms with Crippen LogP contribution in [0.1, 0.15) is 5.56 Å². The molecule has 19 heavy (non-hydrogen) atoms. The van der Waals surface area contributed by atoms with Crippen LogP contribution in [0, 0.1) is 15.9 Å². The highest BCUT2D eigenvalue weighted by Crippen LogP contribution is 2.21. The van der Waals surface area contributed by atoms with Gasteiger partial charge in [0.2, 0.25) is 0 Å². The molecule has 0 fully saturated rings. The molecule has 0 bridgehead atoms. The Kier molecular flexibility index (Phi) is 4.01. The molecule has 0 N–H and O–H groups in total. The maximum absolute atomic E-state index is 13.0. The first-order valence-electron chi connectivity index (χ1n) is 5.44. The van der Waals surface area contributed by atoms with Crippen LogP contribution in [0.15, 0.2) is 53.4 Å². The van der Waals surface area contributed by atoms with Crippen LogP contribution in [0.3, 0.4) is 0 Å². The maximum Gasteiger partial charge on any atom is 0.273 e. The monoisotopic (exact) mass is 279 g/mol. The van der Waals surface area contributed by atoms with Gasteiger partial charge in [-0.1, -0.05) is 24.3 Å². The van der Waals surface area contributed by atoms with Crippen molar-refractivity contribution in [2.24, 2.45) is 0 Å². The summed E-state index contributed by atoms with van der Waals surface area (Å²) in [5.41, 5.74) is 0.294. The Labute approximate surface area is 111 Å². The highest BCUT2D eigenvalue weighted by molar-refractivity contribution is 7.84. The van der Waals surface area contributed by atoms with E-state index in [0.717, 1.165) is 0 Å². The lowest BCUT2D eigenvalue weighted by Crippen LogP contribution is -2.01. The van der Waals surface area contributed by atoms with Gasteiger partial charge in [0.15, 0.2) is 0 Å². The van der Waals surface area contributed by atoms with E-state index in [0.29, 0.717) is 10.5 Å². The number of nitro benzene ring substituents is 1. The molecule has 1 atom stereocenters. The van der Waals surface area contributed by atoms with Crippen molar-refractivity contribution in [2.45, 2.75) is 10.6 Å². The van der Waals surface area contributed by atoms with E-state index >= 15 is 0 Å². The minimum Gasteiger partial charge on any atom is -0.258 e. The van der Waals surface area contributed by atoms with Crippen molar-refractivity contribution in [3.05, 3.63) is 70.0 Å². The summed E-state index contributed by atoms with van der Waals surface area (Å²) in [5.74, 6) is -0.492. The Balaban J connectivity index is 2.27. The van der Waals surface area contributed by atoms with E-state index in [1.165, 1.54) is 30.3 Å². The minimum absolute atomic E-state index is 0.0133. The van der Waals surface area contributed by atoms with Crippen LogP contribution in [0.2, 0.25) is 0 Å². The predicted octanol–water partition coefficient (Wildman–Crippen LogP) is 3.04. The molecule has 2 rings (SSSR count). The van der Waals surface area contributed by atoms with Crippen molar-refractivity contribution in [1.82, 2.24) is 0 Å². The highest BCUT2D eigenvalue weighted by Gasteiger charge is 2.15. The van der Waals surface area contributed by atoms with Gasteiger partial charge >= 0.3 is 0 Å². The molecule has 4 nitrogen and oxygen atoms in total. The molecular formula is C13H10FNO3S. The van der Waals surface area contributed by atoms with Crippen molar-refractivity contribution in [3.8, 4) is 0 Å². The minimum atomic E-state index is -1.52. The van der Waals surface area contributed by atoms with E-state index < -0.39 is 21.5 Å². The number of nitrogens with zero attached hydrogens (tertiary/aromatic N) is 1. The Morgan fingerprint density at radius 1 is 1.16 bits per heavy atom. The molecule has 6 heteroatoms. The number of benzene rings is 2. The van der Waals surface area contributed by atoms with Gasteiger partial charge in [0.1, 0.15) is 5.82 Å². The van der Waals surface area contributed by atoms with Crippen molar-refractivity contribution < 1.29 is 13.5 Å². The molecular weight excluding hydrogens is 269 g/mol. The van der Waals surface area contributed by atoms with Crippen molar-refractivity contribution in [3.63, 3.8) is 0 Å². The van der Waals surface area contributed by atoms with Crippen LogP contribution >= 0.6 is 0 Å². The summed E-state index contributed by atoms with van der Waals surface area (Å²) in [7, 11) is -1.52. The zero-order valence-corrected chi connectivity index (χ0v) is 10.6. The normalized spacial score (nSPS) is 12.1. The van der Waals surface area contributed by atoms with Crippen LogP contribution in [0.5, 0.6) is 0 Å². The van der Waals surface area contributed by atoms with E-state index in [2.05, 4.69) is 0 Å². The third-order valence-electron chi connectivity index (χ3n) is 2.53. The fraction of sp³-hybridized carbons (Fsp3) is 0.0769. The van der Waals surface area contributed by atoms with Gasteiger partial charge in [0.05, 0.1) is 21.5 Å². The summed E-state index contributed by atoms with van der Waals surface area (Å²) in [6.45, 7) is 0. The lowest BCUT2D eigenvalue weighted by molar-refractivity contribution is -0.385. The smallest absolute Gasteiger partial charge is 0.258 e. The molecule has 0 amide bonds. The van der Waals surface area contributed by atoms with Crippen LogP contribution in [-0.2, 0) is 16.6 Å². The van der Waals surface area contributed by atoms with E-state index in [-0.39, 0.29) is 11.4 Å². The van der Waals surface area contributed by atoms with Crippen LogP contribution < -0.4 is 0 Å². The number of nitro groups is 1. The Hall–Kier alpha value is -2.08. The van der Waals surface area contributed by atoms with Crippen LogP contribution in [0.4, 0.5) is 10.1 Å². The third-order valence-corrected chi connectivity index (χ3v) is 3.89. The van der Waals surface area contributed by atoms with E-state index in [9.17, 15) is 18.7 Å². The molecule has 0 aliphatic heterocycles. The summed E-state index contributed by atoms with van der Waals surface area (Å²) in [6.07, 6.45) is 0. The Bertz CT molecular complexity index is 645. The largest absolute Gasteiger partial charge is 0.273 e. The Morgan fingerprint density at radius 3 is 2.58 bits per heavy atom. The molecule has 0 heterocycles. The summed E-state index contributed by atoms with van der Waals surface area (Å²) in [6, 6.07) is 11.5. The van der Waals surface area contributed by atoms with Crippen LogP contribution in [0.25, 0.3) is 0 Å². The lowest BCUT2D eigenvalue weighted by Gasteiger charge is -2.03. The van der Waals surface area contributed by atoms with Gasteiger partial charge in [-0.2, -0.15) is 0 Å². The second-order valence-electron chi connectivity index (χ2n) is 3.83. The first kappa shape index (κ1) is 13.4. The molecule has 0 saturated heterocycles. The second-order valence-corrected chi connectivity index (χ2v) is 5.28. The number of halogens is 1. The molecule has 0 aromatic heterocycles. The predicted molar refractivity (Wildman–Crippen MR) is 69.6 cm³/mol. The van der Waals surface area contributed by atoms with E-state index in [4.69, 9.17) is 0 Å². The molecule has 1 unspecified atom stereocenters. The first-order valence-corrected chi connectivity index (χ1v) is 6.76. The average Bonchev–Trinajstić information content (AvgIpc) is 2.39. The molecule has 2 aromatic rings. The van der Waals surface area contributed by atoms with Gasteiger partial charge in [-0.25, -0.2) is 4.39 Å². The van der Waals surface area contributed by atoms with Gasteiger partial charge in [-0.05, 0) is 18.2 Å². The Morgan fingerprint density at radius 2 is 1.89 bits per heavy atom. The summed E-state index contributed by atoms with van der Waals surface area (Å²) in [4.78, 5) is 10.6. The molecule has 0 spiro atoms. The molecule has 0 aliphatic rings. The number of hydrogen-bond donors (Lipinski definition) is 0. The van der Waals surface area contributed by atoms with Gasteiger partial charge in [-0.3, -0.25) is 14.3 Å². The highest BCUT2D eigenvalue weighted by atomic mass is 32.2. The zero-order valence-electron chi connectivity index (χ0n) is 9.78. The molecule has 98 valence electrons. The standard InChI is InChI=1S/C13H10FNO3S/c14-11-5-3-6-12(8-11)19(18)9-10-4-1-2-7-13(10)15(16)17/h1-8H,9H2. The van der Waals surface area contributed by atoms with Crippen LogP contribution in [-0.4, -0.2) is 9.13 Å². The average molecular weight is 279 g/mol. The van der Waals surface area contributed by atoms with E-state index in [1.807, 2.05) is 0 Å². The first-order chi connectivity index (χ1) is 9.08. The lowest BCUT2D eigenvalue weighted by atomic mass is 10.2. The van der Waals surface area contributed by atoms with E-state index in [1.54, 1.807) is 18.2 Å². The SMILES string of the molecule is O=[N+]([O-])c1ccccc1CS(=O)c1cccc(F)c1. The van der Waals surface area contributed by atoms with Crippen molar-refractivity contribution >= 4 is 16.5 Å². The maximum atomic E-state index is 13.0. The van der Waals surface area contributed by atoms with Gasteiger partial charge in [0.25, 0.3) is 5.69 Å². The van der Waals surface area contributed by atoms with Crippen molar-refractivity contribution in [2.75, 3.05) is 0 Å².